The van der Waals surface area contributed by atoms with Gasteiger partial charge in [-0.25, -0.2) is 0 Å². The number of para-hydroxylation sites is 1. The molecule has 2 atom stereocenters. The number of carbonyl (C=O) groups excluding carboxylic acids is 1. The summed E-state index contributed by atoms with van der Waals surface area (Å²) in [6.45, 7) is 2.58. The molecule has 21 heavy (non-hydrogen) atoms. The summed E-state index contributed by atoms with van der Waals surface area (Å²) in [7, 11) is 0. The molecule has 2 heterocycles. The maximum Gasteiger partial charge on any atom is 0.239 e. The van der Waals surface area contributed by atoms with E-state index in [2.05, 4.69) is 15.5 Å². The molecule has 3 rings (SSSR count). The zero-order valence-electron chi connectivity index (χ0n) is 12.1. The number of anilines is 1. The first-order valence-electron chi connectivity index (χ1n) is 7.76. The lowest BCUT2D eigenvalue weighted by Gasteiger charge is -2.32. The second kappa shape index (κ2) is 6.67. The van der Waals surface area contributed by atoms with Crippen LogP contribution in [0.4, 0.5) is 5.69 Å². The first-order chi connectivity index (χ1) is 10.2. The number of carbonyl (C=O) groups is 1. The van der Waals surface area contributed by atoms with Crippen LogP contribution >= 0.6 is 11.6 Å². The summed E-state index contributed by atoms with van der Waals surface area (Å²) in [5.41, 5.74) is 0.806. The van der Waals surface area contributed by atoms with Crippen molar-refractivity contribution in [2.45, 2.75) is 37.8 Å². The first kappa shape index (κ1) is 14.7. The van der Waals surface area contributed by atoms with Gasteiger partial charge in [-0.3, -0.25) is 9.69 Å². The molecule has 2 fully saturated rings. The zero-order valence-corrected chi connectivity index (χ0v) is 12.9. The van der Waals surface area contributed by atoms with E-state index in [0.717, 1.165) is 18.7 Å². The van der Waals surface area contributed by atoms with Crippen LogP contribution in [0.25, 0.3) is 0 Å². The van der Waals surface area contributed by atoms with Crippen LogP contribution in [0.5, 0.6) is 0 Å². The van der Waals surface area contributed by atoms with Crippen molar-refractivity contribution in [1.29, 1.82) is 0 Å². The summed E-state index contributed by atoms with van der Waals surface area (Å²) in [4.78, 5) is 14.6. The number of halogens is 1. The van der Waals surface area contributed by atoms with Crippen molar-refractivity contribution in [2.75, 3.05) is 25.0 Å². The minimum atomic E-state index is 0.0485. The van der Waals surface area contributed by atoms with Crippen molar-refractivity contribution in [2.24, 2.45) is 0 Å². The molecular formula is C16H22ClN3O. The van der Waals surface area contributed by atoms with Gasteiger partial charge in [-0.15, -0.1) is 0 Å². The monoisotopic (exact) mass is 307 g/mol. The van der Waals surface area contributed by atoms with Crippen LogP contribution in [0.1, 0.15) is 25.7 Å². The normalized spacial score (nSPS) is 25.4. The Kier molecular flexibility index (Phi) is 4.66. The summed E-state index contributed by atoms with van der Waals surface area (Å²) in [5, 5.41) is 6.93. The van der Waals surface area contributed by atoms with Crippen molar-refractivity contribution in [3.63, 3.8) is 0 Å². The minimum absolute atomic E-state index is 0.0485. The van der Waals surface area contributed by atoms with Gasteiger partial charge in [0.2, 0.25) is 5.91 Å². The van der Waals surface area contributed by atoms with Gasteiger partial charge in [-0.1, -0.05) is 30.2 Å². The van der Waals surface area contributed by atoms with Crippen molar-refractivity contribution in [3.8, 4) is 0 Å². The van der Waals surface area contributed by atoms with Crippen molar-refractivity contribution >= 4 is 23.2 Å². The number of rotatable bonds is 4. The highest BCUT2D eigenvalue weighted by Crippen LogP contribution is 2.27. The molecule has 0 radical (unpaired) electrons. The van der Waals surface area contributed by atoms with E-state index in [-0.39, 0.29) is 12.5 Å². The molecular weight excluding hydrogens is 286 g/mol. The minimum Gasteiger partial charge on any atom is -0.375 e. The van der Waals surface area contributed by atoms with Gasteiger partial charge < -0.3 is 10.6 Å². The predicted molar refractivity (Wildman–Crippen MR) is 85.7 cm³/mol. The molecule has 114 valence electrons. The average Bonchev–Trinajstić information content (AvgIpc) is 2.90. The van der Waals surface area contributed by atoms with Gasteiger partial charge in [0.25, 0.3) is 0 Å². The van der Waals surface area contributed by atoms with Gasteiger partial charge in [0.1, 0.15) is 0 Å². The second-order valence-corrected chi connectivity index (χ2v) is 6.30. The zero-order chi connectivity index (χ0) is 14.7. The van der Waals surface area contributed by atoms with Crippen molar-refractivity contribution < 1.29 is 4.79 Å². The largest absolute Gasteiger partial charge is 0.375 e. The van der Waals surface area contributed by atoms with E-state index in [0.29, 0.717) is 17.1 Å². The highest BCUT2D eigenvalue weighted by molar-refractivity contribution is 6.33. The quantitative estimate of drug-likeness (QED) is 0.898. The number of piperidine rings is 1. The predicted octanol–water partition coefficient (Wildman–Crippen LogP) is 2.49. The summed E-state index contributed by atoms with van der Waals surface area (Å²) in [6, 6.07) is 8.34. The van der Waals surface area contributed by atoms with Gasteiger partial charge in [0.15, 0.2) is 0 Å². The molecule has 2 aliphatic heterocycles. The number of hydrogen-bond acceptors (Lipinski definition) is 3. The Labute approximate surface area is 130 Å². The number of nitrogens with zero attached hydrogens (tertiary/aromatic N) is 1. The average molecular weight is 308 g/mol. The lowest BCUT2D eigenvalue weighted by molar-refractivity contribution is -0.120. The fourth-order valence-corrected chi connectivity index (χ4v) is 3.66. The van der Waals surface area contributed by atoms with Gasteiger partial charge in [-0.2, -0.15) is 0 Å². The number of fused-ring (bicyclic) bond motifs is 1. The van der Waals surface area contributed by atoms with Crippen LogP contribution in [0, 0.1) is 0 Å². The number of amides is 1. The number of nitrogens with one attached hydrogen (secondary N) is 2. The molecule has 2 N–H and O–H groups in total. The molecule has 4 nitrogen and oxygen atoms in total. The maximum absolute atomic E-state index is 12.1. The fraction of sp³-hybridized carbons (Fsp3) is 0.562. The molecule has 5 heteroatoms. The fourth-order valence-electron chi connectivity index (χ4n) is 3.45. The summed E-state index contributed by atoms with van der Waals surface area (Å²) in [5.74, 6) is 0.0485. The highest BCUT2D eigenvalue weighted by atomic mass is 35.5. The van der Waals surface area contributed by atoms with E-state index < -0.39 is 0 Å². The molecule has 0 spiro atoms. The summed E-state index contributed by atoms with van der Waals surface area (Å²) >= 11 is 6.07. The van der Waals surface area contributed by atoms with Crippen LogP contribution in [-0.2, 0) is 4.79 Å². The molecule has 0 unspecified atom stereocenters. The Balaban J connectivity index is 1.49. The lowest BCUT2D eigenvalue weighted by atomic mass is 9.99. The summed E-state index contributed by atoms with van der Waals surface area (Å²) in [6.07, 6.45) is 4.86. The Morgan fingerprint density at radius 3 is 2.95 bits per heavy atom. The molecule has 2 aliphatic rings. The number of benzene rings is 1. The van der Waals surface area contributed by atoms with Crippen molar-refractivity contribution in [3.05, 3.63) is 29.3 Å². The van der Waals surface area contributed by atoms with Crippen LogP contribution < -0.4 is 10.6 Å². The van der Waals surface area contributed by atoms with Gasteiger partial charge >= 0.3 is 0 Å². The molecule has 1 aromatic rings. The second-order valence-electron chi connectivity index (χ2n) is 5.90. The van der Waals surface area contributed by atoms with Crippen LogP contribution in [0.2, 0.25) is 5.02 Å². The van der Waals surface area contributed by atoms with E-state index in [1.807, 2.05) is 24.3 Å². The third-order valence-electron chi connectivity index (χ3n) is 4.52. The first-order valence-corrected chi connectivity index (χ1v) is 8.13. The van der Waals surface area contributed by atoms with E-state index in [1.165, 1.54) is 25.8 Å². The van der Waals surface area contributed by atoms with Crippen molar-refractivity contribution in [1.82, 2.24) is 10.2 Å². The lowest BCUT2D eigenvalue weighted by Crippen LogP contribution is -2.48. The van der Waals surface area contributed by atoms with Gasteiger partial charge in [0, 0.05) is 18.6 Å². The Bertz CT molecular complexity index is 508. The van der Waals surface area contributed by atoms with Crippen LogP contribution in [0.15, 0.2) is 24.3 Å². The SMILES string of the molecule is O=C(CNc1ccccc1Cl)N[C@@H]1CCN2CCCC[C@H]12. The number of hydrogen-bond donors (Lipinski definition) is 2. The van der Waals surface area contributed by atoms with E-state index in [9.17, 15) is 4.79 Å². The molecule has 1 aromatic carbocycles. The Hall–Kier alpha value is -1.26. The highest BCUT2D eigenvalue weighted by Gasteiger charge is 2.35. The van der Waals surface area contributed by atoms with Gasteiger partial charge in [-0.05, 0) is 37.9 Å². The third kappa shape index (κ3) is 3.50. The smallest absolute Gasteiger partial charge is 0.239 e. The Morgan fingerprint density at radius 1 is 1.24 bits per heavy atom. The van der Waals surface area contributed by atoms with Crippen LogP contribution in [-0.4, -0.2) is 42.5 Å². The maximum atomic E-state index is 12.1. The topological polar surface area (TPSA) is 44.4 Å². The van der Waals surface area contributed by atoms with Gasteiger partial charge in [0.05, 0.1) is 17.3 Å². The standard InChI is InChI=1S/C16H22ClN3O/c17-12-5-1-2-6-13(12)18-11-16(21)19-14-8-10-20-9-4-3-7-15(14)20/h1-2,5-6,14-15,18H,3-4,7-11H2,(H,19,21)/t14-,15-/m1/s1. The van der Waals surface area contributed by atoms with E-state index in [1.54, 1.807) is 0 Å². The van der Waals surface area contributed by atoms with E-state index >= 15 is 0 Å². The molecule has 2 saturated heterocycles. The summed E-state index contributed by atoms with van der Waals surface area (Å²) < 4.78 is 0. The molecule has 1 amide bonds. The van der Waals surface area contributed by atoms with Crippen LogP contribution in [0.3, 0.4) is 0 Å². The molecule has 0 aromatic heterocycles. The molecule has 0 bridgehead atoms. The molecule has 0 aliphatic carbocycles. The van der Waals surface area contributed by atoms with E-state index in [4.69, 9.17) is 11.6 Å². The molecule has 0 saturated carbocycles. The third-order valence-corrected chi connectivity index (χ3v) is 4.85. The Morgan fingerprint density at radius 2 is 2.10 bits per heavy atom.